The van der Waals surface area contributed by atoms with Gasteiger partial charge in [-0.1, -0.05) is 19.3 Å². The van der Waals surface area contributed by atoms with E-state index in [4.69, 9.17) is 0 Å². The number of nitrogens with one attached hydrogen (secondary N) is 2. The molecule has 2 N–H and O–H groups in total. The average Bonchev–Trinajstić information content (AvgIpc) is 3.17. The monoisotopic (exact) mass is 262 g/mol. The molecule has 0 radical (unpaired) electrons. The lowest BCUT2D eigenvalue weighted by Crippen LogP contribution is -2.51. The van der Waals surface area contributed by atoms with Gasteiger partial charge in [-0.15, -0.1) is 0 Å². The molecule has 3 aliphatic carbocycles. The van der Waals surface area contributed by atoms with Crippen LogP contribution in [0.1, 0.15) is 64.2 Å². The average molecular weight is 262 g/mol. The number of hydrogen-bond acceptors (Lipinski definition) is 2. The van der Waals surface area contributed by atoms with Gasteiger partial charge in [0.25, 0.3) is 0 Å². The van der Waals surface area contributed by atoms with Gasteiger partial charge in [0, 0.05) is 18.1 Å². The van der Waals surface area contributed by atoms with Crippen LogP contribution in [0.25, 0.3) is 0 Å². The van der Waals surface area contributed by atoms with Crippen LogP contribution in [0.2, 0.25) is 0 Å². The fraction of sp³-hybridized carbons (Fsp3) is 1.00. The van der Waals surface area contributed by atoms with Crippen molar-refractivity contribution in [2.75, 3.05) is 6.54 Å². The van der Waals surface area contributed by atoms with Gasteiger partial charge in [-0.2, -0.15) is 0 Å². The molecule has 1 heterocycles. The maximum atomic E-state index is 4.14. The topological polar surface area (TPSA) is 24.1 Å². The van der Waals surface area contributed by atoms with E-state index in [1.165, 1.54) is 70.8 Å². The maximum absolute atomic E-state index is 4.14. The predicted molar refractivity (Wildman–Crippen MR) is 79.1 cm³/mol. The summed E-state index contributed by atoms with van der Waals surface area (Å²) >= 11 is 0. The number of fused-ring (bicyclic) bond motifs is 2. The Morgan fingerprint density at radius 2 is 1.74 bits per heavy atom. The SMILES string of the molecule is C1CNC(C2CCCCC2NC2CC3CCC2C3)C1. The molecule has 4 fully saturated rings. The fourth-order valence-electron chi connectivity index (χ4n) is 5.65. The van der Waals surface area contributed by atoms with Crippen LogP contribution in [0.15, 0.2) is 0 Å². The van der Waals surface area contributed by atoms with Crippen LogP contribution in [0.5, 0.6) is 0 Å². The van der Waals surface area contributed by atoms with Crippen molar-refractivity contribution in [3.63, 3.8) is 0 Å². The molecule has 0 spiro atoms. The molecule has 0 amide bonds. The lowest BCUT2D eigenvalue weighted by atomic mass is 9.78. The van der Waals surface area contributed by atoms with Crippen LogP contribution in [0.3, 0.4) is 0 Å². The van der Waals surface area contributed by atoms with Gasteiger partial charge in [0.15, 0.2) is 0 Å². The summed E-state index contributed by atoms with van der Waals surface area (Å²) in [5, 5.41) is 7.91. The van der Waals surface area contributed by atoms with E-state index in [9.17, 15) is 0 Å². The van der Waals surface area contributed by atoms with Gasteiger partial charge in [0.2, 0.25) is 0 Å². The Morgan fingerprint density at radius 3 is 2.47 bits per heavy atom. The maximum Gasteiger partial charge on any atom is 0.0113 e. The minimum absolute atomic E-state index is 0.827. The highest BCUT2D eigenvalue weighted by atomic mass is 15.0. The largest absolute Gasteiger partial charge is 0.314 e. The van der Waals surface area contributed by atoms with Crippen molar-refractivity contribution in [1.29, 1.82) is 0 Å². The summed E-state index contributed by atoms with van der Waals surface area (Å²) in [5.74, 6) is 3.04. The third-order valence-electron chi connectivity index (χ3n) is 6.60. The standard InChI is InChI=1S/C17H30N2/c1-2-5-16(14(4-1)15-6-3-9-18-15)19-17-11-12-7-8-13(17)10-12/h12-19H,1-11H2. The zero-order chi connectivity index (χ0) is 12.7. The Kier molecular flexibility index (Phi) is 3.57. The van der Waals surface area contributed by atoms with Crippen LogP contribution in [0, 0.1) is 17.8 Å². The molecule has 0 aromatic heterocycles. The van der Waals surface area contributed by atoms with Crippen molar-refractivity contribution >= 4 is 0 Å². The van der Waals surface area contributed by atoms with Crippen LogP contribution in [0.4, 0.5) is 0 Å². The van der Waals surface area contributed by atoms with E-state index in [1.54, 1.807) is 0 Å². The molecule has 6 atom stereocenters. The molecule has 3 saturated carbocycles. The molecule has 4 aliphatic rings. The minimum atomic E-state index is 0.827. The molecule has 19 heavy (non-hydrogen) atoms. The lowest BCUT2D eigenvalue weighted by Gasteiger charge is -2.39. The van der Waals surface area contributed by atoms with Crippen molar-refractivity contribution in [1.82, 2.24) is 10.6 Å². The molecule has 1 aliphatic heterocycles. The van der Waals surface area contributed by atoms with Crippen LogP contribution in [-0.4, -0.2) is 24.7 Å². The Labute approximate surface area is 118 Å². The number of hydrogen-bond donors (Lipinski definition) is 2. The molecule has 4 rings (SSSR count). The van der Waals surface area contributed by atoms with Crippen molar-refractivity contribution in [2.45, 2.75) is 82.3 Å². The second-order valence-electron chi connectivity index (χ2n) is 7.71. The van der Waals surface area contributed by atoms with E-state index in [2.05, 4.69) is 10.6 Å². The van der Waals surface area contributed by atoms with E-state index >= 15 is 0 Å². The fourth-order valence-corrected chi connectivity index (χ4v) is 5.65. The van der Waals surface area contributed by atoms with Crippen molar-refractivity contribution < 1.29 is 0 Å². The van der Waals surface area contributed by atoms with Crippen LogP contribution >= 0.6 is 0 Å². The zero-order valence-electron chi connectivity index (χ0n) is 12.2. The molecule has 0 aromatic rings. The van der Waals surface area contributed by atoms with Gasteiger partial charge in [0.05, 0.1) is 0 Å². The summed E-state index contributed by atoms with van der Waals surface area (Å²) < 4.78 is 0. The molecule has 2 heteroatoms. The normalized spacial score (nSPS) is 49.9. The smallest absolute Gasteiger partial charge is 0.0113 e. The van der Waals surface area contributed by atoms with E-state index in [0.717, 1.165) is 35.9 Å². The van der Waals surface area contributed by atoms with Gasteiger partial charge in [-0.3, -0.25) is 0 Å². The summed E-state index contributed by atoms with van der Waals surface area (Å²) in [6.07, 6.45) is 14.7. The highest BCUT2D eigenvalue weighted by Crippen LogP contribution is 2.45. The molecule has 0 aromatic carbocycles. The first kappa shape index (κ1) is 12.6. The summed E-state index contributed by atoms with van der Waals surface area (Å²) in [4.78, 5) is 0. The highest BCUT2D eigenvalue weighted by Gasteiger charge is 2.42. The zero-order valence-corrected chi connectivity index (χ0v) is 12.2. The Balaban J connectivity index is 1.40. The molecule has 6 unspecified atom stereocenters. The van der Waals surface area contributed by atoms with Crippen molar-refractivity contribution in [3.8, 4) is 0 Å². The Hall–Kier alpha value is -0.0800. The minimum Gasteiger partial charge on any atom is -0.314 e. The quantitative estimate of drug-likeness (QED) is 0.817. The third-order valence-corrected chi connectivity index (χ3v) is 6.60. The second-order valence-corrected chi connectivity index (χ2v) is 7.71. The van der Waals surface area contributed by atoms with Crippen LogP contribution < -0.4 is 10.6 Å². The van der Waals surface area contributed by atoms with Gasteiger partial charge in [-0.05, 0) is 69.2 Å². The number of rotatable bonds is 3. The lowest BCUT2D eigenvalue weighted by molar-refractivity contribution is 0.183. The van der Waals surface area contributed by atoms with E-state index in [1.807, 2.05) is 0 Å². The highest BCUT2D eigenvalue weighted by molar-refractivity contribution is 4.98. The van der Waals surface area contributed by atoms with Gasteiger partial charge >= 0.3 is 0 Å². The van der Waals surface area contributed by atoms with Gasteiger partial charge in [-0.25, -0.2) is 0 Å². The summed E-state index contributed by atoms with van der Waals surface area (Å²) in [5.41, 5.74) is 0. The van der Waals surface area contributed by atoms with Gasteiger partial charge < -0.3 is 10.6 Å². The molecule has 2 nitrogen and oxygen atoms in total. The predicted octanol–water partition coefficient (Wildman–Crippen LogP) is 3.08. The molecular weight excluding hydrogens is 232 g/mol. The van der Waals surface area contributed by atoms with Crippen LogP contribution in [-0.2, 0) is 0 Å². The third kappa shape index (κ3) is 2.47. The Bertz CT molecular complexity index is 310. The van der Waals surface area contributed by atoms with E-state index < -0.39 is 0 Å². The molecule has 2 bridgehead atoms. The summed E-state index contributed by atoms with van der Waals surface area (Å²) in [7, 11) is 0. The summed E-state index contributed by atoms with van der Waals surface area (Å²) in [6, 6.07) is 2.54. The van der Waals surface area contributed by atoms with Crippen molar-refractivity contribution in [3.05, 3.63) is 0 Å². The second kappa shape index (κ2) is 5.37. The molecule has 108 valence electrons. The Morgan fingerprint density at radius 1 is 0.789 bits per heavy atom. The first-order valence-electron chi connectivity index (χ1n) is 8.89. The first-order valence-corrected chi connectivity index (χ1v) is 8.89. The van der Waals surface area contributed by atoms with E-state index in [-0.39, 0.29) is 0 Å². The first-order chi connectivity index (χ1) is 9.40. The van der Waals surface area contributed by atoms with Crippen molar-refractivity contribution in [2.24, 2.45) is 17.8 Å². The molecular formula is C17H30N2. The summed E-state index contributed by atoms with van der Waals surface area (Å²) in [6.45, 7) is 1.27. The van der Waals surface area contributed by atoms with Gasteiger partial charge in [0.1, 0.15) is 0 Å². The van der Waals surface area contributed by atoms with E-state index in [0.29, 0.717) is 0 Å². The molecule has 1 saturated heterocycles.